The van der Waals surface area contributed by atoms with Crippen LogP contribution in [0.3, 0.4) is 0 Å². The van der Waals surface area contributed by atoms with Gasteiger partial charge in [0.15, 0.2) is 0 Å². The van der Waals surface area contributed by atoms with Gasteiger partial charge in [-0.25, -0.2) is 4.79 Å². The van der Waals surface area contributed by atoms with E-state index < -0.39 is 23.8 Å². The van der Waals surface area contributed by atoms with Crippen molar-refractivity contribution >= 4 is 17.9 Å². The van der Waals surface area contributed by atoms with E-state index in [4.69, 9.17) is 4.74 Å². The maximum absolute atomic E-state index is 13.8. The predicted molar refractivity (Wildman–Crippen MR) is 132 cm³/mol. The third kappa shape index (κ3) is 8.71. The summed E-state index contributed by atoms with van der Waals surface area (Å²) in [6, 6.07) is 4.14. The Bertz CT molecular complexity index is 807. The molecule has 0 spiro atoms. The van der Waals surface area contributed by atoms with Crippen LogP contribution in [0.1, 0.15) is 84.5 Å². The van der Waals surface area contributed by atoms with Crippen molar-refractivity contribution in [3.63, 3.8) is 0 Å². The van der Waals surface area contributed by atoms with Crippen LogP contribution in [0.4, 0.5) is 4.79 Å². The molecule has 0 saturated carbocycles. The molecule has 7 heteroatoms. The Labute approximate surface area is 199 Å². The fourth-order valence-corrected chi connectivity index (χ4v) is 3.86. The second-order valence-electron chi connectivity index (χ2n) is 10.3. The standard InChI is InChI=1S/C26H43N3O4/c1-11-29(24(31)20(15-16(2)3)28-25(32)33-26(8,9)10)22(23(30)27-17(4)5)21-18(6)13-12-14-19(21)7/h12-14,16-17,20,22H,11,15H2,1-10H3,(H,27,30)(H,28,32). The molecule has 33 heavy (non-hydrogen) atoms. The molecule has 2 atom stereocenters. The Morgan fingerprint density at radius 3 is 1.97 bits per heavy atom. The lowest BCUT2D eigenvalue weighted by atomic mass is 9.93. The third-order valence-corrected chi connectivity index (χ3v) is 5.13. The van der Waals surface area contributed by atoms with Gasteiger partial charge >= 0.3 is 6.09 Å². The fraction of sp³-hybridized carbons (Fsp3) is 0.654. The van der Waals surface area contributed by atoms with Crippen molar-refractivity contribution < 1.29 is 19.1 Å². The number of carbonyl (C=O) groups is 3. The smallest absolute Gasteiger partial charge is 0.408 e. The van der Waals surface area contributed by atoms with Gasteiger partial charge in [0, 0.05) is 12.6 Å². The highest BCUT2D eigenvalue weighted by atomic mass is 16.6. The number of amides is 3. The number of likely N-dealkylation sites (N-methyl/N-ethyl adjacent to an activating group) is 1. The Kier molecular flexibility index (Phi) is 10.4. The van der Waals surface area contributed by atoms with Gasteiger partial charge in [0.25, 0.3) is 0 Å². The monoisotopic (exact) mass is 461 g/mol. The molecule has 7 nitrogen and oxygen atoms in total. The van der Waals surface area contributed by atoms with E-state index in [0.717, 1.165) is 16.7 Å². The summed E-state index contributed by atoms with van der Waals surface area (Å²) in [6.45, 7) is 19.1. The molecule has 0 saturated heterocycles. The third-order valence-electron chi connectivity index (χ3n) is 5.13. The van der Waals surface area contributed by atoms with Gasteiger partial charge in [0.2, 0.25) is 11.8 Å². The van der Waals surface area contributed by atoms with E-state index >= 15 is 0 Å². The van der Waals surface area contributed by atoms with Crippen LogP contribution in [0.5, 0.6) is 0 Å². The molecule has 0 aromatic heterocycles. The average Bonchev–Trinajstić information content (AvgIpc) is 2.63. The molecule has 0 heterocycles. The van der Waals surface area contributed by atoms with Gasteiger partial charge < -0.3 is 20.3 Å². The molecule has 0 radical (unpaired) electrons. The molecule has 0 fully saturated rings. The minimum atomic E-state index is -0.807. The number of carbonyl (C=O) groups excluding carboxylic acids is 3. The number of benzene rings is 1. The molecular formula is C26H43N3O4. The molecule has 0 aliphatic rings. The summed E-state index contributed by atoms with van der Waals surface area (Å²) >= 11 is 0. The minimum Gasteiger partial charge on any atom is -0.444 e. The molecule has 3 amide bonds. The van der Waals surface area contributed by atoms with E-state index in [9.17, 15) is 14.4 Å². The SMILES string of the molecule is CCN(C(=O)C(CC(C)C)NC(=O)OC(C)(C)C)C(C(=O)NC(C)C)c1c(C)cccc1C. The van der Waals surface area contributed by atoms with E-state index in [1.54, 1.807) is 25.7 Å². The summed E-state index contributed by atoms with van der Waals surface area (Å²) in [6.07, 6.45) is -0.215. The van der Waals surface area contributed by atoms with Crippen LogP contribution in [-0.4, -0.2) is 47.0 Å². The number of rotatable bonds is 9. The zero-order valence-corrected chi connectivity index (χ0v) is 22.0. The Morgan fingerprint density at radius 2 is 1.55 bits per heavy atom. The van der Waals surface area contributed by atoms with Crippen molar-refractivity contribution in [2.75, 3.05) is 6.54 Å². The van der Waals surface area contributed by atoms with Crippen LogP contribution in [0.25, 0.3) is 0 Å². The highest BCUT2D eigenvalue weighted by molar-refractivity contribution is 5.92. The molecule has 0 aliphatic heterocycles. The predicted octanol–water partition coefficient (Wildman–Crippen LogP) is 4.66. The van der Waals surface area contributed by atoms with Gasteiger partial charge in [-0.2, -0.15) is 0 Å². The van der Waals surface area contributed by atoms with E-state index in [0.29, 0.717) is 13.0 Å². The summed E-state index contributed by atoms with van der Waals surface area (Å²) in [7, 11) is 0. The first-order valence-corrected chi connectivity index (χ1v) is 11.8. The maximum atomic E-state index is 13.8. The summed E-state index contributed by atoms with van der Waals surface area (Å²) < 4.78 is 5.40. The Morgan fingerprint density at radius 1 is 1.00 bits per heavy atom. The van der Waals surface area contributed by atoms with Crippen molar-refractivity contribution in [1.82, 2.24) is 15.5 Å². The largest absolute Gasteiger partial charge is 0.444 e. The first kappa shape index (κ1) is 28.5. The summed E-state index contributed by atoms with van der Waals surface area (Å²) in [4.78, 5) is 41.3. The topological polar surface area (TPSA) is 87.7 Å². The summed E-state index contributed by atoms with van der Waals surface area (Å²) in [5.74, 6) is -0.391. The number of ether oxygens (including phenoxy) is 1. The molecule has 1 aromatic carbocycles. The molecule has 1 aromatic rings. The number of nitrogens with one attached hydrogen (secondary N) is 2. The molecule has 0 aliphatic carbocycles. The van der Waals surface area contributed by atoms with Crippen molar-refractivity contribution in [3.05, 3.63) is 34.9 Å². The second-order valence-corrected chi connectivity index (χ2v) is 10.3. The zero-order chi connectivity index (χ0) is 25.5. The van der Waals surface area contributed by atoms with Crippen LogP contribution in [0.15, 0.2) is 18.2 Å². The van der Waals surface area contributed by atoms with Crippen molar-refractivity contribution in [3.8, 4) is 0 Å². The second kappa shape index (κ2) is 12.1. The van der Waals surface area contributed by atoms with Crippen molar-refractivity contribution in [2.45, 2.75) is 99.4 Å². The summed E-state index contributed by atoms with van der Waals surface area (Å²) in [5, 5.41) is 5.72. The lowest BCUT2D eigenvalue weighted by molar-refractivity contribution is -0.142. The quantitative estimate of drug-likeness (QED) is 0.560. The average molecular weight is 462 g/mol. The first-order valence-electron chi connectivity index (χ1n) is 11.8. The van der Waals surface area contributed by atoms with Gasteiger partial charge in [-0.15, -0.1) is 0 Å². The van der Waals surface area contributed by atoms with E-state index in [2.05, 4.69) is 10.6 Å². The van der Waals surface area contributed by atoms with Gasteiger partial charge in [0.05, 0.1) is 0 Å². The molecule has 2 unspecified atom stereocenters. The molecule has 0 bridgehead atoms. The molecule has 186 valence electrons. The van der Waals surface area contributed by atoms with E-state index in [1.807, 2.05) is 66.7 Å². The van der Waals surface area contributed by atoms with E-state index in [-0.39, 0.29) is 23.8 Å². The van der Waals surface area contributed by atoms with Gasteiger partial charge in [-0.05, 0) is 84.4 Å². The van der Waals surface area contributed by atoms with Crippen LogP contribution >= 0.6 is 0 Å². The highest BCUT2D eigenvalue weighted by Crippen LogP contribution is 2.29. The lowest BCUT2D eigenvalue weighted by Gasteiger charge is -2.35. The Balaban J connectivity index is 3.44. The zero-order valence-electron chi connectivity index (χ0n) is 22.0. The minimum absolute atomic E-state index is 0.0792. The number of alkyl carbamates (subject to hydrolysis) is 1. The molecule has 1 rings (SSSR count). The molecule has 2 N–H and O–H groups in total. The summed E-state index contributed by atoms with van der Waals surface area (Å²) in [5.41, 5.74) is 2.00. The number of hydrogen-bond donors (Lipinski definition) is 2. The van der Waals surface area contributed by atoms with Gasteiger partial charge in [-0.1, -0.05) is 32.0 Å². The van der Waals surface area contributed by atoms with Crippen LogP contribution in [0.2, 0.25) is 0 Å². The number of nitrogens with zero attached hydrogens (tertiary/aromatic N) is 1. The lowest BCUT2D eigenvalue weighted by Crippen LogP contribution is -2.54. The van der Waals surface area contributed by atoms with Crippen molar-refractivity contribution in [2.24, 2.45) is 5.92 Å². The van der Waals surface area contributed by atoms with Crippen molar-refractivity contribution in [1.29, 1.82) is 0 Å². The Hall–Kier alpha value is -2.57. The van der Waals surface area contributed by atoms with Crippen LogP contribution in [-0.2, 0) is 14.3 Å². The first-order chi connectivity index (χ1) is 15.2. The van der Waals surface area contributed by atoms with E-state index in [1.165, 1.54) is 0 Å². The number of aryl methyl sites for hydroxylation is 2. The van der Waals surface area contributed by atoms with Gasteiger partial charge in [0.1, 0.15) is 17.7 Å². The molecular weight excluding hydrogens is 418 g/mol. The normalized spacial score (nSPS) is 13.5. The number of hydrogen-bond acceptors (Lipinski definition) is 4. The van der Waals surface area contributed by atoms with Crippen LogP contribution in [0, 0.1) is 19.8 Å². The van der Waals surface area contributed by atoms with Crippen LogP contribution < -0.4 is 10.6 Å². The fourth-order valence-electron chi connectivity index (χ4n) is 3.86. The van der Waals surface area contributed by atoms with Gasteiger partial charge in [-0.3, -0.25) is 9.59 Å². The maximum Gasteiger partial charge on any atom is 0.408 e. The highest BCUT2D eigenvalue weighted by Gasteiger charge is 2.37.